The molecule has 3 aliphatic carbocycles. The molecule has 0 aromatic rings. The Labute approximate surface area is 152 Å². The lowest BCUT2D eigenvalue weighted by Gasteiger charge is -2.33. The van der Waals surface area contributed by atoms with E-state index in [1.807, 2.05) is 0 Å². The summed E-state index contributed by atoms with van der Waals surface area (Å²) in [6, 6.07) is 0.00979. The number of carbonyl (C=O) groups excluding carboxylic acids is 2. The van der Waals surface area contributed by atoms with Crippen LogP contribution in [0.1, 0.15) is 96.3 Å². The van der Waals surface area contributed by atoms with Gasteiger partial charge in [0.15, 0.2) is 0 Å². The summed E-state index contributed by atoms with van der Waals surface area (Å²) in [5.41, 5.74) is 0. The highest BCUT2D eigenvalue weighted by Gasteiger charge is 2.34. The molecule has 0 aromatic heterocycles. The number of rotatable bonds is 5. The van der Waals surface area contributed by atoms with E-state index in [1.54, 1.807) is 0 Å². The van der Waals surface area contributed by atoms with Crippen molar-refractivity contribution in [3.63, 3.8) is 0 Å². The maximum atomic E-state index is 13.0. The molecule has 3 aliphatic rings. The topological polar surface area (TPSA) is 58.2 Å². The van der Waals surface area contributed by atoms with Crippen LogP contribution in [0, 0.1) is 11.8 Å². The van der Waals surface area contributed by atoms with Gasteiger partial charge in [-0.15, -0.1) is 0 Å². The van der Waals surface area contributed by atoms with Gasteiger partial charge in [0, 0.05) is 12.0 Å². The van der Waals surface area contributed by atoms with Gasteiger partial charge in [0.1, 0.15) is 6.04 Å². The third kappa shape index (κ3) is 5.46. The minimum atomic E-state index is -0.309. The van der Waals surface area contributed by atoms with E-state index in [1.165, 1.54) is 44.9 Å². The summed E-state index contributed by atoms with van der Waals surface area (Å²) in [4.78, 5) is 25.8. The van der Waals surface area contributed by atoms with E-state index in [0.29, 0.717) is 12.0 Å². The van der Waals surface area contributed by atoms with Crippen molar-refractivity contribution >= 4 is 11.8 Å². The summed E-state index contributed by atoms with van der Waals surface area (Å²) < 4.78 is 0. The predicted molar refractivity (Wildman–Crippen MR) is 100 cm³/mol. The Balaban J connectivity index is 1.61. The summed E-state index contributed by atoms with van der Waals surface area (Å²) in [7, 11) is 0. The third-order valence-corrected chi connectivity index (χ3v) is 6.63. The Kier molecular flexibility index (Phi) is 7.18. The van der Waals surface area contributed by atoms with E-state index in [4.69, 9.17) is 0 Å². The van der Waals surface area contributed by atoms with Gasteiger partial charge in [0.25, 0.3) is 0 Å². The highest BCUT2D eigenvalue weighted by atomic mass is 16.2. The Morgan fingerprint density at radius 2 is 1.20 bits per heavy atom. The summed E-state index contributed by atoms with van der Waals surface area (Å²) in [5.74, 6) is 0.671. The molecular formula is C21H36N2O2. The van der Waals surface area contributed by atoms with Crippen molar-refractivity contribution in [3.8, 4) is 0 Å². The third-order valence-electron chi connectivity index (χ3n) is 6.63. The molecular weight excluding hydrogens is 312 g/mol. The Hall–Kier alpha value is -1.06. The van der Waals surface area contributed by atoms with Crippen molar-refractivity contribution in [1.29, 1.82) is 0 Å². The molecule has 2 amide bonds. The first-order valence-corrected chi connectivity index (χ1v) is 10.8. The molecule has 2 N–H and O–H groups in total. The van der Waals surface area contributed by atoms with E-state index in [2.05, 4.69) is 10.6 Å². The zero-order chi connectivity index (χ0) is 17.5. The number of hydrogen-bond acceptors (Lipinski definition) is 2. The first kappa shape index (κ1) is 18.7. The molecule has 0 saturated heterocycles. The Morgan fingerprint density at radius 1 is 0.680 bits per heavy atom. The standard InChI is InChI=1S/C21H36N2O2/c24-20(17-12-6-2-7-13-17)23-19(16-10-4-1-5-11-16)21(25)22-18-14-8-3-9-15-18/h16-19H,1-15H2,(H,22,25)(H,23,24). The molecule has 4 heteroatoms. The molecule has 0 aliphatic heterocycles. The second-order valence-electron chi connectivity index (χ2n) is 8.56. The van der Waals surface area contributed by atoms with Crippen LogP contribution in [0.15, 0.2) is 0 Å². The van der Waals surface area contributed by atoms with Crippen LogP contribution in [0.2, 0.25) is 0 Å². The second-order valence-corrected chi connectivity index (χ2v) is 8.56. The number of hydrogen-bond donors (Lipinski definition) is 2. The minimum Gasteiger partial charge on any atom is -0.352 e. The van der Waals surface area contributed by atoms with Crippen LogP contribution >= 0.6 is 0 Å². The van der Waals surface area contributed by atoms with Crippen molar-refractivity contribution in [1.82, 2.24) is 10.6 Å². The summed E-state index contributed by atoms with van der Waals surface area (Å²) >= 11 is 0. The maximum Gasteiger partial charge on any atom is 0.243 e. The number of carbonyl (C=O) groups is 2. The van der Waals surface area contributed by atoms with E-state index < -0.39 is 0 Å². The monoisotopic (exact) mass is 348 g/mol. The molecule has 0 heterocycles. The van der Waals surface area contributed by atoms with Crippen LogP contribution in [-0.2, 0) is 9.59 Å². The van der Waals surface area contributed by atoms with Crippen LogP contribution < -0.4 is 10.6 Å². The minimum absolute atomic E-state index is 0.0861. The van der Waals surface area contributed by atoms with Gasteiger partial charge in [-0.25, -0.2) is 0 Å². The van der Waals surface area contributed by atoms with Crippen molar-refractivity contribution in [2.75, 3.05) is 0 Å². The zero-order valence-corrected chi connectivity index (χ0v) is 15.7. The fourth-order valence-corrected chi connectivity index (χ4v) is 5.04. The van der Waals surface area contributed by atoms with Gasteiger partial charge in [0.05, 0.1) is 0 Å². The normalized spacial score (nSPS) is 25.3. The molecule has 0 aromatic carbocycles. The van der Waals surface area contributed by atoms with Crippen LogP contribution in [0.25, 0.3) is 0 Å². The largest absolute Gasteiger partial charge is 0.352 e. The smallest absolute Gasteiger partial charge is 0.243 e. The maximum absolute atomic E-state index is 13.0. The quantitative estimate of drug-likeness (QED) is 0.786. The highest BCUT2D eigenvalue weighted by molar-refractivity contribution is 5.89. The molecule has 142 valence electrons. The molecule has 0 spiro atoms. The predicted octanol–water partition coefficient (Wildman–Crippen LogP) is 4.08. The van der Waals surface area contributed by atoms with Crippen LogP contribution in [0.4, 0.5) is 0 Å². The summed E-state index contributed by atoms with van der Waals surface area (Å²) in [6.07, 6.45) is 17.3. The average Bonchev–Trinajstić information content (AvgIpc) is 2.68. The van der Waals surface area contributed by atoms with Gasteiger partial charge >= 0.3 is 0 Å². The number of nitrogens with one attached hydrogen (secondary N) is 2. The van der Waals surface area contributed by atoms with E-state index >= 15 is 0 Å². The lowest BCUT2D eigenvalue weighted by atomic mass is 9.82. The van der Waals surface area contributed by atoms with E-state index in [0.717, 1.165) is 51.4 Å². The van der Waals surface area contributed by atoms with E-state index in [9.17, 15) is 9.59 Å². The summed E-state index contributed by atoms with van der Waals surface area (Å²) in [6.45, 7) is 0. The fourth-order valence-electron chi connectivity index (χ4n) is 5.04. The lowest BCUT2D eigenvalue weighted by molar-refractivity contribution is -0.133. The summed E-state index contributed by atoms with van der Waals surface area (Å²) in [5, 5.41) is 6.47. The van der Waals surface area contributed by atoms with Gasteiger partial charge < -0.3 is 10.6 Å². The molecule has 1 unspecified atom stereocenters. The molecule has 0 radical (unpaired) electrons. The van der Waals surface area contributed by atoms with Gasteiger partial charge in [-0.05, 0) is 44.4 Å². The molecule has 3 rings (SSSR count). The van der Waals surface area contributed by atoms with Crippen molar-refractivity contribution in [2.24, 2.45) is 11.8 Å². The van der Waals surface area contributed by atoms with Crippen molar-refractivity contribution < 1.29 is 9.59 Å². The van der Waals surface area contributed by atoms with Gasteiger partial charge in [-0.1, -0.05) is 57.8 Å². The lowest BCUT2D eigenvalue weighted by Crippen LogP contribution is -2.54. The first-order valence-electron chi connectivity index (χ1n) is 10.8. The van der Waals surface area contributed by atoms with Crippen molar-refractivity contribution in [3.05, 3.63) is 0 Å². The van der Waals surface area contributed by atoms with E-state index in [-0.39, 0.29) is 23.8 Å². The molecule has 3 fully saturated rings. The van der Waals surface area contributed by atoms with Crippen LogP contribution in [-0.4, -0.2) is 23.9 Å². The molecule has 1 atom stereocenters. The highest BCUT2D eigenvalue weighted by Crippen LogP contribution is 2.29. The molecule has 4 nitrogen and oxygen atoms in total. The average molecular weight is 349 g/mol. The molecule has 0 bridgehead atoms. The van der Waals surface area contributed by atoms with Crippen molar-refractivity contribution in [2.45, 2.75) is 108 Å². The van der Waals surface area contributed by atoms with Crippen LogP contribution in [0.3, 0.4) is 0 Å². The molecule has 25 heavy (non-hydrogen) atoms. The van der Waals surface area contributed by atoms with Gasteiger partial charge in [-0.3, -0.25) is 9.59 Å². The number of amides is 2. The Bertz CT molecular complexity index is 433. The van der Waals surface area contributed by atoms with Gasteiger partial charge in [-0.2, -0.15) is 0 Å². The first-order chi connectivity index (χ1) is 12.2. The fraction of sp³-hybridized carbons (Fsp3) is 0.905. The van der Waals surface area contributed by atoms with Crippen LogP contribution in [0.5, 0.6) is 0 Å². The second kappa shape index (κ2) is 9.59. The van der Waals surface area contributed by atoms with Gasteiger partial charge in [0.2, 0.25) is 11.8 Å². The molecule has 3 saturated carbocycles. The zero-order valence-electron chi connectivity index (χ0n) is 15.7. The Morgan fingerprint density at radius 3 is 1.80 bits per heavy atom. The SMILES string of the molecule is O=C(NC(C(=O)NC1CCCCC1)C1CCCCC1)C1CCCCC1.